The normalized spacial score (nSPS) is 10.5. The summed E-state index contributed by atoms with van der Waals surface area (Å²) in [6.07, 6.45) is 0. The van der Waals surface area contributed by atoms with E-state index in [-0.39, 0.29) is 38.0 Å². The molecule has 0 atom stereocenters. The molecule has 0 aliphatic carbocycles. The molecule has 0 radical (unpaired) electrons. The van der Waals surface area contributed by atoms with E-state index in [0.29, 0.717) is 23.0 Å². The van der Waals surface area contributed by atoms with Crippen LogP contribution in [-0.2, 0) is 51.2 Å². The van der Waals surface area contributed by atoms with Gasteiger partial charge in [0.1, 0.15) is 34.5 Å². The second-order valence-corrected chi connectivity index (χ2v) is 17.0. The Morgan fingerprint density at radius 2 is 0.400 bits per heavy atom. The summed E-state index contributed by atoms with van der Waals surface area (Å²) in [6, 6.07) is 44.2. The first-order chi connectivity index (χ1) is 28.2. The van der Waals surface area contributed by atoms with Gasteiger partial charge in [0.05, 0.1) is 14.7 Å². The minimum atomic E-state index is -4.67. The first-order valence-corrected chi connectivity index (χ1v) is 23.1. The van der Waals surface area contributed by atoms with E-state index in [1.165, 1.54) is 48.5 Å². The highest BCUT2D eigenvalue weighted by Crippen LogP contribution is 2.25. The van der Waals surface area contributed by atoms with E-state index in [4.69, 9.17) is 62.9 Å². The molecule has 29 heteroatoms. The van der Waals surface area contributed by atoms with Crippen molar-refractivity contribution >= 4 is 51.2 Å². The molecule has 0 aliphatic heterocycles. The average molecular weight is 1020 g/mol. The molecule has 0 spiro atoms. The van der Waals surface area contributed by atoms with Gasteiger partial charge in [0.15, 0.2) is 0 Å². The highest BCUT2D eigenvalue weighted by atomic mass is 32.3. The van der Waals surface area contributed by atoms with Gasteiger partial charge >= 0.3 is 20.8 Å². The van der Waals surface area contributed by atoms with E-state index in [1.54, 1.807) is 12.1 Å². The lowest BCUT2D eigenvalue weighted by molar-refractivity contribution is 0.378. The van der Waals surface area contributed by atoms with Gasteiger partial charge in [0, 0.05) is 1.43 Å². The van der Waals surface area contributed by atoms with Gasteiger partial charge in [-0.1, -0.05) is 54.6 Å². The molecule has 362 valence electrons. The van der Waals surface area contributed by atoms with E-state index in [2.05, 4.69) is 0 Å². The van der Waals surface area contributed by atoms with E-state index in [9.17, 15) is 25.3 Å². The maximum Gasteiger partial charge on any atom is 0.394 e. The minimum Gasteiger partial charge on any atom is -0.457 e. The smallest absolute Gasteiger partial charge is 0.394 e. The topological polar surface area (TPSA) is 466 Å². The maximum atomic E-state index is 10.9. The summed E-state index contributed by atoms with van der Waals surface area (Å²) in [7, 11) is -22.0. The van der Waals surface area contributed by atoms with Crippen molar-refractivity contribution in [3.05, 3.63) is 164 Å². The van der Waals surface area contributed by atoms with Crippen molar-refractivity contribution in [1.82, 2.24) is 0 Å². The lowest BCUT2D eigenvalue weighted by Gasteiger charge is -2.06. The van der Waals surface area contributed by atoms with Crippen LogP contribution in [0.1, 0.15) is 1.43 Å². The van der Waals surface area contributed by atoms with Crippen molar-refractivity contribution in [1.29, 1.82) is 0 Å². The molecule has 65 heavy (non-hydrogen) atoms. The van der Waals surface area contributed by atoms with Crippen LogP contribution in [-0.4, -0.2) is 95.9 Å². The zero-order valence-electron chi connectivity index (χ0n) is 32.6. The zero-order valence-corrected chi connectivity index (χ0v) is 36.6. The first kappa shape index (κ1) is 63.3. The summed E-state index contributed by atoms with van der Waals surface area (Å²) in [6.45, 7) is 0. The van der Waals surface area contributed by atoms with Gasteiger partial charge in [0.2, 0.25) is 0 Å². The molecule has 0 saturated carbocycles. The van der Waals surface area contributed by atoms with Crippen molar-refractivity contribution in [2.75, 3.05) is 0 Å². The van der Waals surface area contributed by atoms with Gasteiger partial charge in [-0.15, -0.1) is 0 Å². The fourth-order valence-electron chi connectivity index (χ4n) is 3.91. The van der Waals surface area contributed by atoms with Crippen LogP contribution < -0.4 is 14.2 Å². The Labute approximate surface area is 374 Å². The lowest BCUT2D eigenvalue weighted by Crippen LogP contribution is -1.98. The van der Waals surface area contributed by atoms with Crippen molar-refractivity contribution in [2.24, 2.45) is 0 Å². The van der Waals surface area contributed by atoms with Crippen LogP contribution in [0.5, 0.6) is 34.5 Å². The highest BCUT2D eigenvalue weighted by Gasteiger charge is 2.11. The molecule has 0 aromatic heterocycles. The number of ether oxygens (including phenoxy) is 3. The molecule has 0 fully saturated rings. The Morgan fingerprint density at radius 3 is 0.538 bits per heavy atom. The number of hydrogen-bond acceptors (Lipinski definition) is 13. The summed E-state index contributed by atoms with van der Waals surface area (Å²) in [4.78, 5) is -0.689. The number of benzene rings is 6. The molecule has 0 aliphatic rings. The van der Waals surface area contributed by atoms with E-state index < -0.39 is 51.2 Å². The van der Waals surface area contributed by atoms with Gasteiger partial charge in [-0.2, -0.15) is 42.1 Å². The van der Waals surface area contributed by atoms with Gasteiger partial charge in [0.25, 0.3) is 30.4 Å². The molecule has 0 bridgehead atoms. The second kappa shape index (κ2) is 28.7. The second-order valence-electron chi connectivity index (χ2n) is 11.0. The van der Waals surface area contributed by atoms with Crippen LogP contribution in [0.2, 0.25) is 0 Å². The number of rotatable bonds is 9. The van der Waals surface area contributed by atoms with Crippen molar-refractivity contribution in [3.63, 3.8) is 0 Å². The van der Waals surface area contributed by atoms with E-state index in [0.717, 1.165) is 35.8 Å². The van der Waals surface area contributed by atoms with E-state index in [1.807, 2.05) is 78.9 Å². The van der Waals surface area contributed by atoms with Gasteiger partial charge < -0.3 is 36.1 Å². The summed E-state index contributed by atoms with van der Waals surface area (Å²) >= 11 is 0. The Hall–Kier alpha value is -5.97. The molecule has 0 heterocycles. The lowest BCUT2D eigenvalue weighted by atomic mass is 10.3. The van der Waals surface area contributed by atoms with Crippen molar-refractivity contribution in [3.8, 4) is 34.5 Å². The Kier molecular flexibility index (Phi) is 28.0. The zero-order chi connectivity index (χ0) is 45.9. The minimum absolute atomic E-state index is 0. The molecule has 0 unspecified atom stereocenters. The Morgan fingerprint density at radius 1 is 0.262 bits per heavy atom. The molecule has 24 nitrogen and oxygen atoms in total. The average Bonchev–Trinajstić information content (AvgIpc) is 3.15. The fourth-order valence-corrected chi connectivity index (χ4v) is 5.35. The van der Waals surface area contributed by atoms with Crippen LogP contribution in [0.3, 0.4) is 0 Å². The van der Waals surface area contributed by atoms with Crippen LogP contribution in [0.4, 0.5) is 0 Å². The SMILES string of the molecule is O.O.O.O.O=S(=O)(O)O.O=S(=O)(O)O.O=S(=O)(O)c1ccc(Oc2ccc(S(=O)(=O)O)cc2)cc1.O=S(=O)(O)c1ccc(Oc2ccccc2)cc1.[2HH].c1ccc(Oc2ccccc2)cc1. The highest BCUT2D eigenvalue weighted by molar-refractivity contribution is 7.86. The van der Waals surface area contributed by atoms with Crippen molar-refractivity contribution in [2.45, 2.75) is 14.7 Å². The Balaban J connectivity index is -0.000000388. The molecule has 6 rings (SSSR count). The number of hydrogen-bond donors (Lipinski definition) is 7. The summed E-state index contributed by atoms with van der Waals surface area (Å²) in [5.74, 6) is 3.49. The molecule has 6 aromatic carbocycles. The van der Waals surface area contributed by atoms with Gasteiger partial charge in [-0.3, -0.25) is 31.9 Å². The molecule has 15 N–H and O–H groups in total. The third kappa shape index (κ3) is 29.9. The summed E-state index contributed by atoms with van der Waals surface area (Å²) in [5.41, 5.74) is 0. The van der Waals surface area contributed by atoms with Gasteiger partial charge in [-0.05, 0) is 109 Å². The largest absolute Gasteiger partial charge is 0.457 e. The monoisotopic (exact) mass is 1020 g/mol. The van der Waals surface area contributed by atoms with E-state index >= 15 is 0 Å². The third-order valence-corrected chi connectivity index (χ3v) is 8.91. The predicted molar refractivity (Wildman–Crippen MR) is 233 cm³/mol. The fraction of sp³-hybridized carbons (Fsp3) is 0. The molecular formula is C36H44O24S5. The standard InChI is InChI=1S/C12H10O7S2.C12H10O4S.C12H10O.2H2O4S.4H2O.H2/c13-20(14,15)11-5-1-9(2-6-11)19-10-3-7-12(8-4-10)21(16,17)18;13-17(14,15)12-8-6-11(7-9-12)16-10-4-2-1-3-5-10;1-3-7-11(8-4-1)13-12-9-5-2-6-10-12;2*1-5(2,3)4;;;;;/h1-8H,(H,13,14,15)(H,16,17,18);1-9H,(H,13,14,15);1-10H;2*(H2,1,2,3,4);4*1H2;1H/i;;;;;;;;;1+1. The summed E-state index contributed by atoms with van der Waals surface area (Å²) < 4.78 is 171. The molecular weight excluding hydrogens is 977 g/mol. The van der Waals surface area contributed by atoms with Crippen LogP contribution in [0, 0.1) is 0 Å². The quantitative estimate of drug-likeness (QED) is 0.101. The number of para-hydroxylation sites is 3. The third-order valence-electron chi connectivity index (χ3n) is 6.30. The first-order valence-electron chi connectivity index (χ1n) is 16.0. The maximum absolute atomic E-state index is 10.9. The van der Waals surface area contributed by atoms with Crippen molar-refractivity contribution < 1.29 is 112 Å². The molecule has 0 saturated heterocycles. The Bertz CT molecular complexity index is 2670. The summed E-state index contributed by atoms with van der Waals surface area (Å²) in [5, 5.41) is 0. The van der Waals surface area contributed by atoms with Crippen LogP contribution in [0.25, 0.3) is 0 Å². The van der Waals surface area contributed by atoms with Gasteiger partial charge in [-0.25, -0.2) is 0 Å². The predicted octanol–water partition coefficient (Wildman–Crippen LogP) is 3.82. The van der Waals surface area contributed by atoms with Crippen LogP contribution in [0.15, 0.2) is 178 Å². The molecule has 6 aromatic rings. The van der Waals surface area contributed by atoms with Crippen LogP contribution >= 0.6 is 0 Å². The molecule has 0 amide bonds.